The summed E-state index contributed by atoms with van der Waals surface area (Å²) in [7, 11) is 3.93. The fourth-order valence-corrected chi connectivity index (χ4v) is 4.38. The number of hydrogen-bond acceptors (Lipinski definition) is 4. The summed E-state index contributed by atoms with van der Waals surface area (Å²) in [5.41, 5.74) is 6.81. The highest BCUT2D eigenvalue weighted by molar-refractivity contribution is 5.85. The van der Waals surface area contributed by atoms with E-state index < -0.39 is 0 Å². The van der Waals surface area contributed by atoms with E-state index in [0.717, 1.165) is 18.5 Å². The first-order valence-electron chi connectivity index (χ1n) is 9.34. The van der Waals surface area contributed by atoms with E-state index in [9.17, 15) is 0 Å². The Morgan fingerprint density at radius 2 is 2.20 bits per heavy atom. The van der Waals surface area contributed by atoms with Gasteiger partial charge in [-0.1, -0.05) is 12.1 Å². The van der Waals surface area contributed by atoms with Crippen molar-refractivity contribution in [3.63, 3.8) is 0 Å². The van der Waals surface area contributed by atoms with Gasteiger partial charge in [-0.25, -0.2) is 5.43 Å². The minimum atomic E-state index is 0.802. The number of rotatable bonds is 5. The van der Waals surface area contributed by atoms with E-state index >= 15 is 0 Å². The summed E-state index contributed by atoms with van der Waals surface area (Å²) in [5, 5.41) is 4.47. The van der Waals surface area contributed by atoms with Crippen LogP contribution in [0, 0.1) is 5.92 Å². The third kappa shape index (κ3) is 3.42. The van der Waals surface area contributed by atoms with Crippen LogP contribution < -0.4 is 5.43 Å². The number of hydrogen-bond donors (Lipinski definition) is 1. The zero-order valence-corrected chi connectivity index (χ0v) is 15.5. The minimum Gasteiger partial charge on any atom is -0.319 e. The molecule has 1 N–H and O–H groups in total. The largest absolute Gasteiger partial charge is 0.319 e. The standard InChI is InChI=1S/C21H28N4/c1-15(12-24(3)22-2)17-5-6-18-11-23-20(10-19(18)9-17)14-25-13-16-4-7-21(25)8-16/h5-6,9-12,16,21-22H,4,7-8,13-14H2,1-3H3/b15-12+. The highest BCUT2D eigenvalue weighted by atomic mass is 15.5. The molecule has 1 aromatic heterocycles. The number of nitrogens with zero attached hydrogens (tertiary/aromatic N) is 3. The number of likely N-dealkylation sites (tertiary alicyclic amines) is 1. The highest BCUT2D eigenvalue weighted by Crippen LogP contribution is 2.38. The van der Waals surface area contributed by atoms with Gasteiger partial charge in [0.15, 0.2) is 0 Å². The Balaban J connectivity index is 1.57. The highest BCUT2D eigenvalue weighted by Gasteiger charge is 2.37. The third-order valence-corrected chi connectivity index (χ3v) is 5.86. The number of fused-ring (bicyclic) bond motifs is 3. The lowest BCUT2D eigenvalue weighted by Crippen LogP contribution is -2.31. The van der Waals surface area contributed by atoms with Gasteiger partial charge in [-0.05, 0) is 60.8 Å². The molecule has 4 heteroatoms. The van der Waals surface area contributed by atoms with Crippen LogP contribution in [0.15, 0.2) is 36.7 Å². The van der Waals surface area contributed by atoms with Gasteiger partial charge in [0.2, 0.25) is 0 Å². The lowest BCUT2D eigenvalue weighted by atomic mass is 10.0. The predicted molar refractivity (Wildman–Crippen MR) is 104 cm³/mol. The maximum absolute atomic E-state index is 4.72. The van der Waals surface area contributed by atoms with E-state index in [4.69, 9.17) is 4.98 Å². The summed E-state index contributed by atoms with van der Waals surface area (Å²) in [6, 6.07) is 9.72. The van der Waals surface area contributed by atoms with Crippen molar-refractivity contribution in [2.45, 2.75) is 38.8 Å². The van der Waals surface area contributed by atoms with Crippen molar-refractivity contribution >= 4 is 16.3 Å². The summed E-state index contributed by atoms with van der Waals surface area (Å²) in [6.07, 6.45) is 8.36. The van der Waals surface area contributed by atoms with Gasteiger partial charge in [0.1, 0.15) is 0 Å². The molecule has 2 bridgehead atoms. The Bertz CT molecular complexity index is 798. The molecular weight excluding hydrogens is 308 g/mol. The van der Waals surface area contributed by atoms with Crippen LogP contribution in [0.5, 0.6) is 0 Å². The Morgan fingerprint density at radius 1 is 1.32 bits per heavy atom. The summed E-state index contributed by atoms with van der Waals surface area (Å²) in [6.45, 7) is 4.42. The van der Waals surface area contributed by atoms with Crippen LogP contribution >= 0.6 is 0 Å². The molecule has 4 nitrogen and oxygen atoms in total. The average Bonchev–Trinajstić information content (AvgIpc) is 3.24. The molecule has 1 aliphatic carbocycles. The van der Waals surface area contributed by atoms with Crippen molar-refractivity contribution in [3.05, 3.63) is 47.9 Å². The van der Waals surface area contributed by atoms with Crippen LogP contribution in [0.25, 0.3) is 16.3 Å². The number of pyridine rings is 1. The van der Waals surface area contributed by atoms with Crippen molar-refractivity contribution in [1.82, 2.24) is 20.3 Å². The monoisotopic (exact) mass is 336 g/mol. The molecule has 132 valence electrons. The van der Waals surface area contributed by atoms with Crippen molar-refractivity contribution in [3.8, 4) is 0 Å². The van der Waals surface area contributed by atoms with Gasteiger partial charge in [0, 0.05) is 51.0 Å². The first kappa shape index (κ1) is 16.6. The van der Waals surface area contributed by atoms with Gasteiger partial charge < -0.3 is 5.01 Å². The van der Waals surface area contributed by atoms with E-state index in [2.05, 4.69) is 47.7 Å². The molecular formula is C21H28N4. The second kappa shape index (κ2) is 6.77. The Labute approximate surface area is 150 Å². The van der Waals surface area contributed by atoms with Crippen LogP contribution in [-0.2, 0) is 6.54 Å². The molecule has 25 heavy (non-hydrogen) atoms. The van der Waals surface area contributed by atoms with E-state index in [1.165, 1.54) is 53.4 Å². The smallest absolute Gasteiger partial charge is 0.0550 e. The number of aromatic nitrogens is 1. The molecule has 0 radical (unpaired) electrons. The van der Waals surface area contributed by atoms with E-state index in [1.807, 2.05) is 25.3 Å². The number of benzene rings is 1. The number of hydrazine groups is 1. The second-order valence-electron chi connectivity index (χ2n) is 7.65. The van der Waals surface area contributed by atoms with Gasteiger partial charge in [-0.2, -0.15) is 0 Å². The van der Waals surface area contributed by atoms with Gasteiger partial charge in [-0.15, -0.1) is 0 Å². The third-order valence-electron chi connectivity index (χ3n) is 5.86. The van der Waals surface area contributed by atoms with Crippen molar-refractivity contribution < 1.29 is 0 Å². The molecule has 0 spiro atoms. The summed E-state index contributed by atoms with van der Waals surface area (Å²) >= 11 is 0. The zero-order chi connectivity index (χ0) is 17.4. The van der Waals surface area contributed by atoms with Gasteiger partial charge in [-0.3, -0.25) is 9.88 Å². The number of piperidine rings is 1. The van der Waals surface area contributed by atoms with Crippen LogP contribution in [0.2, 0.25) is 0 Å². The predicted octanol–water partition coefficient (Wildman–Crippen LogP) is 3.65. The lowest BCUT2D eigenvalue weighted by Gasteiger charge is -2.26. The average molecular weight is 336 g/mol. The molecule has 4 rings (SSSR count). The molecule has 1 saturated carbocycles. The molecule has 2 aliphatic rings. The van der Waals surface area contributed by atoms with Crippen LogP contribution in [0.1, 0.15) is 37.4 Å². The Hall–Kier alpha value is -1.91. The van der Waals surface area contributed by atoms with E-state index in [0.29, 0.717) is 0 Å². The minimum absolute atomic E-state index is 0.802. The second-order valence-corrected chi connectivity index (χ2v) is 7.65. The quantitative estimate of drug-likeness (QED) is 0.845. The summed E-state index contributed by atoms with van der Waals surface area (Å²) in [4.78, 5) is 7.35. The number of nitrogens with one attached hydrogen (secondary N) is 1. The molecule has 1 aliphatic heterocycles. The van der Waals surface area contributed by atoms with Crippen LogP contribution in [0.3, 0.4) is 0 Å². The zero-order valence-electron chi connectivity index (χ0n) is 15.5. The Kier molecular flexibility index (Phi) is 4.48. The maximum Gasteiger partial charge on any atom is 0.0550 e. The molecule has 1 aromatic carbocycles. The lowest BCUT2D eigenvalue weighted by molar-refractivity contribution is 0.203. The molecule has 0 amide bonds. The molecule has 2 fully saturated rings. The Morgan fingerprint density at radius 3 is 2.92 bits per heavy atom. The maximum atomic E-state index is 4.72. The van der Waals surface area contributed by atoms with Gasteiger partial charge in [0.25, 0.3) is 0 Å². The molecule has 2 aromatic rings. The van der Waals surface area contributed by atoms with Gasteiger partial charge >= 0.3 is 0 Å². The fraction of sp³-hybridized carbons (Fsp3) is 0.476. The fourth-order valence-electron chi connectivity index (χ4n) is 4.38. The SMILES string of the molecule is CNN(C)/C=C(\C)c1ccc2cnc(CN3CC4CCC3C4)cc2c1. The van der Waals surface area contributed by atoms with Crippen LogP contribution in [0.4, 0.5) is 0 Å². The van der Waals surface area contributed by atoms with Crippen molar-refractivity contribution in [1.29, 1.82) is 0 Å². The van der Waals surface area contributed by atoms with Crippen molar-refractivity contribution in [2.75, 3.05) is 20.6 Å². The van der Waals surface area contributed by atoms with E-state index in [-0.39, 0.29) is 0 Å². The van der Waals surface area contributed by atoms with Crippen molar-refractivity contribution in [2.24, 2.45) is 5.92 Å². The normalized spacial score (nSPS) is 23.6. The first-order chi connectivity index (χ1) is 12.1. The topological polar surface area (TPSA) is 31.4 Å². The molecule has 2 atom stereocenters. The van der Waals surface area contributed by atoms with Gasteiger partial charge in [0.05, 0.1) is 5.69 Å². The summed E-state index contributed by atoms with van der Waals surface area (Å²) < 4.78 is 0. The number of allylic oxidation sites excluding steroid dienone is 1. The molecule has 2 unspecified atom stereocenters. The first-order valence-corrected chi connectivity index (χ1v) is 9.34. The summed E-state index contributed by atoms with van der Waals surface area (Å²) in [5.74, 6) is 0.939. The van der Waals surface area contributed by atoms with E-state index in [1.54, 1.807) is 0 Å². The molecule has 2 heterocycles. The van der Waals surface area contributed by atoms with Crippen LogP contribution in [-0.4, -0.2) is 41.6 Å². The molecule has 1 saturated heterocycles.